The molecule has 0 radical (unpaired) electrons. The number of urea groups is 1. The van der Waals surface area contributed by atoms with Gasteiger partial charge in [0, 0.05) is 42.7 Å². The van der Waals surface area contributed by atoms with E-state index in [9.17, 15) is 19.5 Å². The van der Waals surface area contributed by atoms with Crippen LogP contribution in [0.25, 0.3) is 10.9 Å². The molecule has 4 aromatic rings. The highest BCUT2D eigenvalue weighted by Crippen LogP contribution is 2.31. The van der Waals surface area contributed by atoms with Gasteiger partial charge in [0.15, 0.2) is 0 Å². The van der Waals surface area contributed by atoms with Crippen molar-refractivity contribution in [2.45, 2.75) is 52.5 Å². The Bertz CT molecular complexity index is 1700. The van der Waals surface area contributed by atoms with Gasteiger partial charge in [-0.1, -0.05) is 74.5 Å². The number of carbonyl (C=O) groups is 3. The normalized spacial score (nSPS) is 18.3. The molecule has 2 fully saturated rings. The van der Waals surface area contributed by atoms with Crippen molar-refractivity contribution in [2.24, 2.45) is 0 Å². The molecule has 6 rings (SSSR count). The Morgan fingerprint density at radius 2 is 1.76 bits per heavy atom. The van der Waals surface area contributed by atoms with Gasteiger partial charge in [0.25, 0.3) is 0 Å². The Hall–Kier alpha value is -4.67. The van der Waals surface area contributed by atoms with E-state index in [0.29, 0.717) is 23.6 Å². The summed E-state index contributed by atoms with van der Waals surface area (Å²) in [6.07, 6.45) is 1.91. The van der Waals surface area contributed by atoms with E-state index in [1.807, 2.05) is 55.5 Å². The molecule has 4 amide bonds. The summed E-state index contributed by atoms with van der Waals surface area (Å²) >= 11 is 6.47. The van der Waals surface area contributed by atoms with Crippen molar-refractivity contribution in [3.05, 3.63) is 107 Å². The van der Waals surface area contributed by atoms with Crippen LogP contribution in [0, 0.1) is 0 Å². The van der Waals surface area contributed by atoms with Crippen LogP contribution in [-0.4, -0.2) is 79.6 Å². The number of phenols is 1. The molecule has 0 bridgehead atoms. The molecule has 240 valence electrons. The van der Waals surface area contributed by atoms with E-state index in [1.54, 1.807) is 56.3 Å². The summed E-state index contributed by atoms with van der Waals surface area (Å²) in [5, 5.41) is 17.6. The third-order valence-electron chi connectivity index (χ3n) is 8.33. The second kappa shape index (κ2) is 14.2. The quantitative estimate of drug-likeness (QED) is 0.274. The van der Waals surface area contributed by atoms with Crippen LogP contribution in [0.1, 0.15) is 37.5 Å². The van der Waals surface area contributed by atoms with Crippen LogP contribution >= 0.6 is 11.6 Å². The van der Waals surface area contributed by atoms with Crippen LogP contribution in [0.15, 0.2) is 85.1 Å². The van der Waals surface area contributed by atoms with E-state index in [-0.39, 0.29) is 57.1 Å². The number of benzene rings is 3. The highest BCUT2D eigenvalue weighted by Gasteiger charge is 2.51. The number of aromatic nitrogens is 1. The Morgan fingerprint density at radius 1 is 1.00 bits per heavy atom. The van der Waals surface area contributed by atoms with Gasteiger partial charge in [-0.2, -0.15) is 0 Å². The summed E-state index contributed by atoms with van der Waals surface area (Å²) in [6.45, 7) is 3.14. The number of hydrazine groups is 1. The van der Waals surface area contributed by atoms with E-state index >= 15 is 0 Å². The summed E-state index contributed by atoms with van der Waals surface area (Å²) in [5.74, 6) is -0.322. The molecular weight excluding hydrogens is 604 g/mol. The molecule has 2 aliphatic heterocycles. The summed E-state index contributed by atoms with van der Waals surface area (Å²) in [4.78, 5) is 49.9. The van der Waals surface area contributed by atoms with Crippen molar-refractivity contribution in [1.82, 2.24) is 30.1 Å². The highest BCUT2D eigenvalue weighted by atomic mass is 35.5. The monoisotopic (exact) mass is 642 g/mol. The van der Waals surface area contributed by atoms with E-state index in [1.165, 1.54) is 0 Å². The lowest BCUT2D eigenvalue weighted by Crippen LogP contribution is -2.76. The molecule has 3 aromatic carbocycles. The molecule has 2 saturated heterocycles. The molecule has 0 spiro atoms. The van der Waals surface area contributed by atoms with Crippen LogP contribution in [-0.2, 0) is 29.1 Å². The molecule has 0 unspecified atom stereocenters. The number of nitrogens with zero attached hydrogens (tertiary/aromatic N) is 5. The fourth-order valence-corrected chi connectivity index (χ4v) is 6.44. The maximum absolute atomic E-state index is 14.3. The number of fused-ring (bicyclic) bond motifs is 2. The standard InChI is InChI=1S/C34H35ClN6O4.CH4/c1-2-17-39-22-31(43)40-29(18-23-10-13-26(42)14-11-23)33(44)38(20-25-12-15-28(35)27-9-6-16-36-32(25)27)21-30(40)41(39)34(45)37-19-24-7-4-3-5-8-24;/h3-16,29-30,42H,2,17-22H2,1H3,(H,37,45);1H4/t29-,30-;/m0./s1. The van der Waals surface area contributed by atoms with Crippen molar-refractivity contribution in [2.75, 3.05) is 19.6 Å². The maximum Gasteiger partial charge on any atom is 0.334 e. The molecular formula is C35H39ClN6O4. The molecule has 2 aliphatic rings. The average Bonchev–Trinajstić information content (AvgIpc) is 3.05. The number of hydrogen-bond donors (Lipinski definition) is 2. The topological polar surface area (TPSA) is 109 Å². The van der Waals surface area contributed by atoms with Gasteiger partial charge in [-0.15, -0.1) is 0 Å². The first-order valence-corrected chi connectivity index (χ1v) is 15.5. The fraction of sp³-hybridized carbons (Fsp3) is 0.314. The fourth-order valence-electron chi connectivity index (χ4n) is 6.23. The summed E-state index contributed by atoms with van der Waals surface area (Å²) < 4.78 is 0. The Kier molecular flexibility index (Phi) is 10.1. The van der Waals surface area contributed by atoms with E-state index in [2.05, 4.69) is 10.3 Å². The molecule has 1 aromatic heterocycles. The number of carbonyl (C=O) groups excluding carboxylic acids is 3. The van der Waals surface area contributed by atoms with Gasteiger partial charge in [-0.25, -0.2) is 14.8 Å². The smallest absolute Gasteiger partial charge is 0.334 e. The number of nitrogens with one attached hydrogen (secondary N) is 1. The number of hydrogen-bond acceptors (Lipinski definition) is 6. The third-order valence-corrected chi connectivity index (χ3v) is 8.66. The maximum atomic E-state index is 14.3. The second-order valence-electron chi connectivity index (χ2n) is 11.4. The Labute approximate surface area is 274 Å². The van der Waals surface area contributed by atoms with Gasteiger partial charge in [-0.05, 0) is 53.4 Å². The van der Waals surface area contributed by atoms with Gasteiger partial charge in [0.05, 0.1) is 18.6 Å². The van der Waals surface area contributed by atoms with Gasteiger partial charge in [-0.3, -0.25) is 14.6 Å². The summed E-state index contributed by atoms with van der Waals surface area (Å²) in [7, 11) is 0. The Balaban J connectivity index is 0.00000417. The van der Waals surface area contributed by atoms with E-state index in [4.69, 9.17) is 11.6 Å². The van der Waals surface area contributed by atoms with Crippen LogP contribution in [0.2, 0.25) is 5.02 Å². The first-order valence-electron chi connectivity index (χ1n) is 15.1. The number of phenolic OH excluding ortho intramolecular Hbond substituents is 1. The van der Waals surface area contributed by atoms with Crippen molar-refractivity contribution in [3.63, 3.8) is 0 Å². The van der Waals surface area contributed by atoms with Crippen molar-refractivity contribution in [3.8, 4) is 5.75 Å². The first kappa shape index (κ1) is 32.7. The second-order valence-corrected chi connectivity index (χ2v) is 11.8. The zero-order chi connectivity index (χ0) is 31.5. The van der Waals surface area contributed by atoms with Gasteiger partial charge in [0.1, 0.15) is 18.0 Å². The average molecular weight is 643 g/mol. The van der Waals surface area contributed by atoms with Gasteiger partial charge >= 0.3 is 6.03 Å². The minimum Gasteiger partial charge on any atom is -0.508 e. The zero-order valence-electron chi connectivity index (χ0n) is 25.0. The summed E-state index contributed by atoms with van der Waals surface area (Å²) in [6, 6.07) is 22.4. The number of halogens is 1. The molecule has 2 N–H and O–H groups in total. The minimum atomic E-state index is -0.861. The molecule has 10 nitrogen and oxygen atoms in total. The van der Waals surface area contributed by atoms with E-state index < -0.39 is 12.2 Å². The van der Waals surface area contributed by atoms with Crippen LogP contribution in [0.3, 0.4) is 0 Å². The molecule has 0 saturated carbocycles. The van der Waals surface area contributed by atoms with Crippen LogP contribution in [0.4, 0.5) is 4.79 Å². The number of amides is 4. The number of pyridine rings is 1. The Morgan fingerprint density at radius 3 is 2.50 bits per heavy atom. The third kappa shape index (κ3) is 6.63. The van der Waals surface area contributed by atoms with Crippen molar-refractivity contribution < 1.29 is 19.5 Å². The van der Waals surface area contributed by atoms with Gasteiger partial charge in [0.2, 0.25) is 11.8 Å². The summed E-state index contributed by atoms with van der Waals surface area (Å²) in [5.41, 5.74) is 3.24. The molecule has 3 heterocycles. The van der Waals surface area contributed by atoms with Crippen LogP contribution < -0.4 is 5.32 Å². The molecule has 2 atom stereocenters. The molecule has 0 aliphatic carbocycles. The van der Waals surface area contributed by atoms with Gasteiger partial charge < -0.3 is 20.2 Å². The molecule has 11 heteroatoms. The zero-order valence-corrected chi connectivity index (χ0v) is 25.7. The lowest BCUT2D eigenvalue weighted by Gasteiger charge is -2.55. The predicted molar refractivity (Wildman–Crippen MR) is 178 cm³/mol. The number of piperazine rings is 1. The highest BCUT2D eigenvalue weighted by molar-refractivity contribution is 6.35. The number of rotatable bonds is 8. The largest absolute Gasteiger partial charge is 0.508 e. The first-order chi connectivity index (χ1) is 21.8. The molecule has 46 heavy (non-hydrogen) atoms. The predicted octanol–water partition coefficient (Wildman–Crippen LogP) is 5.19. The van der Waals surface area contributed by atoms with E-state index in [0.717, 1.165) is 28.5 Å². The van der Waals surface area contributed by atoms with Crippen molar-refractivity contribution in [1.29, 1.82) is 0 Å². The SMILES string of the molecule is C.CCCN1CC(=O)N2[C@@H](Cc3ccc(O)cc3)C(=O)N(Cc3ccc(Cl)c4cccnc34)C[C@@H]2N1C(=O)NCc1ccccc1. The van der Waals surface area contributed by atoms with Crippen LogP contribution in [0.5, 0.6) is 5.75 Å². The minimum absolute atomic E-state index is 0. The lowest BCUT2D eigenvalue weighted by molar-refractivity contribution is -0.190. The number of aromatic hydroxyl groups is 1. The van der Waals surface area contributed by atoms with Crippen molar-refractivity contribution >= 4 is 40.3 Å². The lowest BCUT2D eigenvalue weighted by atomic mass is 9.98.